The lowest BCUT2D eigenvalue weighted by Gasteiger charge is -2.17. The van der Waals surface area contributed by atoms with Crippen LogP contribution < -0.4 is 15.8 Å². The second-order valence-electron chi connectivity index (χ2n) is 4.29. The number of ether oxygens (including phenoxy) is 3. The van der Waals surface area contributed by atoms with E-state index in [4.69, 9.17) is 15.2 Å². The standard InChI is InChI=1S/C14H20N2O5/c1-9(13(17)16-6-7-19-2)21-12-8-10(15)4-5-11(12)14(18)20-3/h4-5,8-9H,6-7,15H2,1-3H3,(H,16,17). The quantitative estimate of drug-likeness (QED) is 0.434. The SMILES string of the molecule is COCCNC(=O)C(C)Oc1cc(N)ccc1C(=O)OC. The molecule has 0 aromatic heterocycles. The minimum Gasteiger partial charge on any atom is -0.480 e. The number of carbonyl (C=O) groups excluding carboxylic acids is 2. The lowest BCUT2D eigenvalue weighted by molar-refractivity contribution is -0.127. The maximum absolute atomic E-state index is 11.8. The van der Waals surface area contributed by atoms with Gasteiger partial charge >= 0.3 is 5.97 Å². The van der Waals surface area contributed by atoms with Gasteiger partial charge in [-0.15, -0.1) is 0 Å². The average molecular weight is 296 g/mol. The van der Waals surface area contributed by atoms with Gasteiger partial charge in [0.25, 0.3) is 5.91 Å². The largest absolute Gasteiger partial charge is 0.480 e. The molecule has 116 valence electrons. The summed E-state index contributed by atoms with van der Waals surface area (Å²) in [5.41, 5.74) is 6.30. The molecular formula is C14H20N2O5. The van der Waals surface area contributed by atoms with Crippen LogP contribution in [-0.2, 0) is 14.3 Å². The predicted molar refractivity (Wildman–Crippen MR) is 77.2 cm³/mol. The molecule has 0 saturated carbocycles. The summed E-state index contributed by atoms with van der Waals surface area (Å²) in [5, 5.41) is 2.64. The molecule has 0 radical (unpaired) electrons. The highest BCUT2D eigenvalue weighted by Gasteiger charge is 2.19. The summed E-state index contributed by atoms with van der Waals surface area (Å²) in [6.45, 7) is 2.36. The second-order valence-corrected chi connectivity index (χ2v) is 4.29. The van der Waals surface area contributed by atoms with Gasteiger partial charge in [0, 0.05) is 25.4 Å². The van der Waals surface area contributed by atoms with E-state index in [0.717, 1.165) is 0 Å². The first-order chi connectivity index (χ1) is 9.99. The van der Waals surface area contributed by atoms with Crippen molar-refractivity contribution in [2.45, 2.75) is 13.0 Å². The first-order valence-electron chi connectivity index (χ1n) is 6.40. The number of anilines is 1. The van der Waals surface area contributed by atoms with E-state index in [0.29, 0.717) is 18.8 Å². The highest BCUT2D eigenvalue weighted by molar-refractivity contribution is 5.93. The molecule has 1 aromatic carbocycles. The number of amides is 1. The van der Waals surface area contributed by atoms with Crippen LogP contribution in [0.3, 0.4) is 0 Å². The van der Waals surface area contributed by atoms with E-state index in [-0.39, 0.29) is 17.2 Å². The number of nitrogens with one attached hydrogen (secondary N) is 1. The highest BCUT2D eigenvalue weighted by Crippen LogP contribution is 2.23. The van der Waals surface area contributed by atoms with Crippen molar-refractivity contribution in [2.24, 2.45) is 0 Å². The first-order valence-corrected chi connectivity index (χ1v) is 6.40. The van der Waals surface area contributed by atoms with Crippen LogP contribution >= 0.6 is 0 Å². The third-order valence-electron chi connectivity index (χ3n) is 2.69. The molecule has 1 rings (SSSR count). The number of benzene rings is 1. The number of methoxy groups -OCH3 is 2. The number of rotatable bonds is 7. The summed E-state index contributed by atoms with van der Waals surface area (Å²) in [5.74, 6) is -0.668. The van der Waals surface area contributed by atoms with Gasteiger partial charge in [-0.3, -0.25) is 4.79 Å². The highest BCUT2D eigenvalue weighted by atomic mass is 16.5. The van der Waals surface area contributed by atoms with Gasteiger partial charge in [0.05, 0.1) is 13.7 Å². The maximum atomic E-state index is 11.8. The molecule has 1 aromatic rings. The summed E-state index contributed by atoms with van der Waals surface area (Å²) in [7, 11) is 2.81. The van der Waals surface area contributed by atoms with Crippen LogP contribution in [0, 0.1) is 0 Å². The Morgan fingerprint density at radius 3 is 2.67 bits per heavy atom. The average Bonchev–Trinajstić information content (AvgIpc) is 2.46. The van der Waals surface area contributed by atoms with Crippen LogP contribution in [-0.4, -0.2) is 45.4 Å². The fourth-order valence-corrected chi connectivity index (χ4v) is 1.58. The number of hydrogen-bond donors (Lipinski definition) is 2. The molecule has 3 N–H and O–H groups in total. The van der Waals surface area contributed by atoms with Gasteiger partial charge in [-0.1, -0.05) is 0 Å². The third kappa shape index (κ3) is 4.96. The van der Waals surface area contributed by atoms with E-state index in [1.54, 1.807) is 20.1 Å². The molecule has 0 aliphatic heterocycles. The number of hydrogen-bond acceptors (Lipinski definition) is 6. The molecule has 0 spiro atoms. The van der Waals surface area contributed by atoms with Gasteiger partial charge in [-0.2, -0.15) is 0 Å². The van der Waals surface area contributed by atoms with Gasteiger partial charge in [0.2, 0.25) is 0 Å². The molecule has 1 atom stereocenters. The topological polar surface area (TPSA) is 99.9 Å². The second kappa shape index (κ2) is 8.11. The van der Waals surface area contributed by atoms with E-state index in [9.17, 15) is 9.59 Å². The Morgan fingerprint density at radius 2 is 2.05 bits per heavy atom. The molecule has 1 amide bonds. The Bertz CT molecular complexity index is 504. The van der Waals surface area contributed by atoms with Crippen LogP contribution in [0.25, 0.3) is 0 Å². The lowest BCUT2D eigenvalue weighted by atomic mass is 10.2. The van der Waals surface area contributed by atoms with Crippen LogP contribution in [0.5, 0.6) is 5.75 Å². The Balaban J connectivity index is 2.79. The molecule has 0 bridgehead atoms. The van der Waals surface area contributed by atoms with Crippen molar-refractivity contribution in [2.75, 3.05) is 33.1 Å². The molecule has 0 aliphatic rings. The molecular weight excluding hydrogens is 276 g/mol. The predicted octanol–water partition coefficient (Wildman–Crippen LogP) is 0.585. The zero-order valence-corrected chi connectivity index (χ0v) is 12.3. The van der Waals surface area contributed by atoms with Gasteiger partial charge < -0.3 is 25.3 Å². The summed E-state index contributed by atoms with van der Waals surface area (Å²) >= 11 is 0. The number of nitrogens with two attached hydrogens (primary N) is 1. The van der Waals surface area contributed by atoms with Gasteiger partial charge in [0.15, 0.2) is 6.10 Å². The minimum absolute atomic E-state index is 0.205. The lowest BCUT2D eigenvalue weighted by Crippen LogP contribution is -2.38. The van der Waals surface area contributed by atoms with Crippen molar-refractivity contribution in [3.8, 4) is 5.75 Å². The molecule has 1 unspecified atom stereocenters. The van der Waals surface area contributed by atoms with Crippen molar-refractivity contribution in [3.05, 3.63) is 23.8 Å². The molecule has 21 heavy (non-hydrogen) atoms. The van der Waals surface area contributed by atoms with Crippen LogP contribution in [0.4, 0.5) is 5.69 Å². The summed E-state index contributed by atoms with van der Waals surface area (Å²) < 4.78 is 15.0. The van der Waals surface area contributed by atoms with Gasteiger partial charge in [-0.05, 0) is 19.1 Å². The zero-order valence-electron chi connectivity index (χ0n) is 12.3. The third-order valence-corrected chi connectivity index (χ3v) is 2.69. The van der Waals surface area contributed by atoms with Gasteiger partial charge in [-0.25, -0.2) is 4.79 Å². The van der Waals surface area contributed by atoms with Crippen LogP contribution in [0.1, 0.15) is 17.3 Å². The summed E-state index contributed by atoms with van der Waals surface area (Å²) in [4.78, 5) is 23.5. The molecule has 0 fully saturated rings. The molecule has 0 heterocycles. The Morgan fingerprint density at radius 1 is 1.33 bits per heavy atom. The summed E-state index contributed by atoms with van der Waals surface area (Å²) in [6, 6.07) is 4.53. The number of esters is 1. The van der Waals surface area contributed by atoms with Crippen molar-refractivity contribution in [3.63, 3.8) is 0 Å². The van der Waals surface area contributed by atoms with E-state index in [1.807, 2.05) is 0 Å². The zero-order chi connectivity index (χ0) is 15.8. The smallest absolute Gasteiger partial charge is 0.341 e. The monoisotopic (exact) mass is 296 g/mol. The normalized spacial score (nSPS) is 11.6. The number of nitrogen functional groups attached to an aromatic ring is 1. The van der Waals surface area contributed by atoms with Crippen molar-refractivity contribution < 1.29 is 23.8 Å². The van der Waals surface area contributed by atoms with E-state index >= 15 is 0 Å². The van der Waals surface area contributed by atoms with Crippen LogP contribution in [0.15, 0.2) is 18.2 Å². The molecule has 7 heteroatoms. The minimum atomic E-state index is -0.785. The van der Waals surface area contributed by atoms with Gasteiger partial charge in [0.1, 0.15) is 11.3 Å². The number of carbonyl (C=O) groups is 2. The Hall–Kier alpha value is -2.28. The van der Waals surface area contributed by atoms with E-state index in [2.05, 4.69) is 10.1 Å². The Kier molecular flexibility index (Phi) is 6.48. The molecule has 0 saturated heterocycles. The first kappa shape index (κ1) is 16.8. The Labute approximate surface area is 123 Å². The van der Waals surface area contributed by atoms with Crippen molar-refractivity contribution in [1.82, 2.24) is 5.32 Å². The fourth-order valence-electron chi connectivity index (χ4n) is 1.58. The molecule has 0 aliphatic carbocycles. The van der Waals surface area contributed by atoms with E-state index < -0.39 is 12.1 Å². The van der Waals surface area contributed by atoms with E-state index in [1.165, 1.54) is 19.2 Å². The summed E-state index contributed by atoms with van der Waals surface area (Å²) in [6.07, 6.45) is -0.785. The van der Waals surface area contributed by atoms with Crippen molar-refractivity contribution >= 4 is 17.6 Å². The fraction of sp³-hybridized carbons (Fsp3) is 0.429. The maximum Gasteiger partial charge on any atom is 0.341 e. The molecule has 7 nitrogen and oxygen atoms in total. The van der Waals surface area contributed by atoms with Crippen LogP contribution in [0.2, 0.25) is 0 Å². The van der Waals surface area contributed by atoms with Crippen molar-refractivity contribution in [1.29, 1.82) is 0 Å².